The molecule has 1 aromatic carbocycles. The molecular weight excluding hydrogens is 378 g/mol. The van der Waals surface area contributed by atoms with Gasteiger partial charge in [-0.05, 0) is 13.0 Å². The van der Waals surface area contributed by atoms with E-state index in [1.54, 1.807) is 37.1 Å². The van der Waals surface area contributed by atoms with Crippen molar-refractivity contribution in [1.29, 1.82) is 5.41 Å². The van der Waals surface area contributed by atoms with Crippen LogP contribution in [-0.2, 0) is 5.54 Å². The summed E-state index contributed by atoms with van der Waals surface area (Å²) in [7, 11) is 3.09. The SMILES string of the molecule is C=C1[C@@H]2CN(c3nc(C)c(F)c(OC)n3)C[C@]2(c2ccccc2F)NC(=N)N1C. The van der Waals surface area contributed by atoms with Gasteiger partial charge in [-0.3, -0.25) is 5.41 Å². The van der Waals surface area contributed by atoms with Crippen molar-refractivity contribution in [3.05, 3.63) is 59.4 Å². The van der Waals surface area contributed by atoms with Crippen molar-refractivity contribution in [3.63, 3.8) is 0 Å². The molecule has 0 saturated carbocycles. The number of aryl methyl sites for hydroxylation is 1. The smallest absolute Gasteiger partial charge is 0.255 e. The third kappa shape index (κ3) is 2.80. The van der Waals surface area contributed by atoms with Crippen LogP contribution >= 0.6 is 0 Å². The van der Waals surface area contributed by atoms with Gasteiger partial charge >= 0.3 is 0 Å². The van der Waals surface area contributed by atoms with Gasteiger partial charge in [-0.25, -0.2) is 9.37 Å². The lowest BCUT2D eigenvalue weighted by Crippen LogP contribution is -2.61. The van der Waals surface area contributed by atoms with Crippen molar-refractivity contribution >= 4 is 11.9 Å². The Morgan fingerprint density at radius 1 is 1.31 bits per heavy atom. The first-order valence-electron chi connectivity index (χ1n) is 9.16. The molecule has 2 aromatic rings. The van der Waals surface area contributed by atoms with Gasteiger partial charge in [-0.1, -0.05) is 24.8 Å². The molecule has 1 aromatic heterocycles. The summed E-state index contributed by atoms with van der Waals surface area (Å²) in [5.41, 5.74) is 0.367. The first-order chi connectivity index (χ1) is 13.8. The second kappa shape index (κ2) is 6.68. The Morgan fingerprint density at radius 2 is 2.03 bits per heavy atom. The number of halogens is 2. The van der Waals surface area contributed by atoms with Gasteiger partial charge < -0.3 is 19.9 Å². The molecule has 2 saturated heterocycles. The zero-order chi connectivity index (χ0) is 20.9. The summed E-state index contributed by atoms with van der Waals surface area (Å²) in [6, 6.07) is 6.50. The molecule has 0 aliphatic carbocycles. The van der Waals surface area contributed by atoms with Gasteiger partial charge in [0.25, 0.3) is 5.88 Å². The number of hydrogen-bond acceptors (Lipinski definition) is 5. The van der Waals surface area contributed by atoms with E-state index in [2.05, 4.69) is 21.9 Å². The van der Waals surface area contributed by atoms with Gasteiger partial charge in [0.15, 0.2) is 5.96 Å². The van der Waals surface area contributed by atoms with Crippen LogP contribution in [0.3, 0.4) is 0 Å². The summed E-state index contributed by atoms with van der Waals surface area (Å²) in [4.78, 5) is 12.0. The molecule has 2 aliphatic rings. The van der Waals surface area contributed by atoms with Gasteiger partial charge in [0.2, 0.25) is 11.8 Å². The van der Waals surface area contributed by atoms with Gasteiger partial charge in [0.1, 0.15) is 5.82 Å². The fourth-order valence-electron chi connectivity index (χ4n) is 4.15. The van der Waals surface area contributed by atoms with Crippen molar-refractivity contribution in [2.45, 2.75) is 12.5 Å². The Morgan fingerprint density at radius 3 is 2.72 bits per heavy atom. The molecule has 2 aliphatic heterocycles. The highest BCUT2D eigenvalue weighted by atomic mass is 19.1. The number of ether oxygens (including phenoxy) is 1. The Balaban J connectivity index is 1.83. The Kier molecular flexibility index (Phi) is 4.40. The summed E-state index contributed by atoms with van der Waals surface area (Å²) in [5.74, 6) is -0.955. The molecule has 29 heavy (non-hydrogen) atoms. The van der Waals surface area contributed by atoms with Crippen molar-refractivity contribution in [1.82, 2.24) is 20.2 Å². The molecule has 4 rings (SSSR count). The van der Waals surface area contributed by atoms with E-state index in [1.807, 2.05) is 4.90 Å². The van der Waals surface area contributed by atoms with E-state index in [1.165, 1.54) is 13.2 Å². The third-order valence-electron chi connectivity index (χ3n) is 5.75. The van der Waals surface area contributed by atoms with Crippen LogP contribution in [0, 0.1) is 29.9 Å². The van der Waals surface area contributed by atoms with Gasteiger partial charge in [-0.15, -0.1) is 0 Å². The molecule has 9 heteroatoms. The highest BCUT2D eigenvalue weighted by molar-refractivity contribution is 5.82. The molecule has 3 heterocycles. The highest BCUT2D eigenvalue weighted by Crippen LogP contribution is 2.45. The predicted molar refractivity (Wildman–Crippen MR) is 105 cm³/mol. The van der Waals surface area contributed by atoms with Crippen LogP contribution in [-0.4, -0.2) is 48.1 Å². The fourth-order valence-corrected chi connectivity index (χ4v) is 4.15. The number of hydrogen-bond donors (Lipinski definition) is 2. The number of rotatable bonds is 3. The van der Waals surface area contributed by atoms with Gasteiger partial charge in [0, 0.05) is 37.3 Å². The Labute approximate surface area is 167 Å². The molecule has 0 bridgehead atoms. The van der Waals surface area contributed by atoms with E-state index in [-0.39, 0.29) is 41.8 Å². The standard InChI is InChI=1S/C20H22F2N6O/c1-11-16(22)17(29-4)25-19(24-11)28-9-14-12(2)27(3)18(23)26-20(14,10-28)13-7-5-6-8-15(13)21/h5-8,14H,2,9-10H2,1,3-4H3,(H2,23,26)/t14-,20+/m0/s1. The lowest BCUT2D eigenvalue weighted by Gasteiger charge is -2.46. The number of methoxy groups -OCH3 is 1. The summed E-state index contributed by atoms with van der Waals surface area (Å²) < 4.78 is 34.0. The average Bonchev–Trinajstić information content (AvgIpc) is 3.09. The van der Waals surface area contributed by atoms with Crippen LogP contribution in [0.2, 0.25) is 0 Å². The van der Waals surface area contributed by atoms with Crippen molar-refractivity contribution in [2.75, 3.05) is 32.1 Å². The van der Waals surface area contributed by atoms with Crippen LogP contribution in [0.15, 0.2) is 36.5 Å². The van der Waals surface area contributed by atoms with E-state index in [0.717, 1.165) is 0 Å². The molecule has 0 radical (unpaired) electrons. The Hall–Kier alpha value is -3.23. The van der Waals surface area contributed by atoms with Crippen LogP contribution in [0.4, 0.5) is 14.7 Å². The molecule has 152 valence electrons. The lowest BCUT2D eigenvalue weighted by molar-refractivity contribution is 0.262. The zero-order valence-electron chi connectivity index (χ0n) is 16.5. The van der Waals surface area contributed by atoms with E-state index in [4.69, 9.17) is 10.1 Å². The summed E-state index contributed by atoms with van der Waals surface area (Å²) >= 11 is 0. The van der Waals surface area contributed by atoms with Crippen molar-refractivity contribution < 1.29 is 13.5 Å². The summed E-state index contributed by atoms with van der Waals surface area (Å²) in [6.45, 7) is 6.40. The number of guanidine groups is 1. The zero-order valence-corrected chi connectivity index (χ0v) is 16.5. The van der Waals surface area contributed by atoms with Crippen LogP contribution in [0.5, 0.6) is 5.88 Å². The molecule has 0 amide bonds. The monoisotopic (exact) mass is 400 g/mol. The summed E-state index contributed by atoms with van der Waals surface area (Å²) in [6.07, 6.45) is 0. The van der Waals surface area contributed by atoms with Gasteiger partial charge in [-0.2, -0.15) is 9.37 Å². The normalized spacial score (nSPS) is 23.8. The molecule has 0 unspecified atom stereocenters. The number of aromatic nitrogens is 2. The number of benzene rings is 1. The Bertz CT molecular complexity index is 1010. The van der Waals surface area contributed by atoms with Crippen molar-refractivity contribution in [3.8, 4) is 5.88 Å². The number of anilines is 1. The summed E-state index contributed by atoms with van der Waals surface area (Å²) in [5, 5.41) is 11.5. The third-order valence-corrected chi connectivity index (χ3v) is 5.75. The number of fused-ring (bicyclic) bond motifs is 1. The second-order valence-electron chi connectivity index (χ2n) is 7.34. The highest BCUT2D eigenvalue weighted by Gasteiger charge is 2.55. The molecule has 0 spiro atoms. The maximum absolute atomic E-state index is 14.9. The van der Waals surface area contributed by atoms with Crippen LogP contribution < -0.4 is 15.0 Å². The predicted octanol–water partition coefficient (Wildman–Crippen LogP) is 2.39. The molecule has 2 fully saturated rings. The minimum absolute atomic E-state index is 0.130. The van der Waals surface area contributed by atoms with E-state index < -0.39 is 11.4 Å². The molecule has 2 atom stereocenters. The average molecular weight is 400 g/mol. The van der Waals surface area contributed by atoms with E-state index in [0.29, 0.717) is 17.8 Å². The molecular formula is C20H22F2N6O. The number of nitrogens with zero attached hydrogens (tertiary/aromatic N) is 4. The maximum Gasteiger partial charge on any atom is 0.255 e. The minimum atomic E-state index is -0.926. The van der Waals surface area contributed by atoms with E-state index >= 15 is 0 Å². The van der Waals surface area contributed by atoms with E-state index in [9.17, 15) is 8.78 Å². The second-order valence-corrected chi connectivity index (χ2v) is 7.34. The lowest BCUT2D eigenvalue weighted by atomic mass is 9.77. The minimum Gasteiger partial charge on any atom is -0.479 e. The van der Waals surface area contributed by atoms with Crippen molar-refractivity contribution in [2.24, 2.45) is 5.92 Å². The van der Waals surface area contributed by atoms with Crippen LogP contribution in [0.25, 0.3) is 0 Å². The number of nitrogens with one attached hydrogen (secondary N) is 2. The largest absolute Gasteiger partial charge is 0.479 e. The first-order valence-corrected chi connectivity index (χ1v) is 9.16. The molecule has 2 N–H and O–H groups in total. The van der Waals surface area contributed by atoms with Crippen LogP contribution in [0.1, 0.15) is 11.3 Å². The first kappa shape index (κ1) is 19.1. The molecule has 7 nitrogen and oxygen atoms in total. The fraction of sp³-hybridized carbons (Fsp3) is 0.350. The van der Waals surface area contributed by atoms with Gasteiger partial charge in [0.05, 0.1) is 18.3 Å². The quantitative estimate of drug-likeness (QED) is 0.824. The maximum atomic E-state index is 14.9. The topological polar surface area (TPSA) is 77.4 Å².